The second-order valence-electron chi connectivity index (χ2n) is 8.54. The summed E-state index contributed by atoms with van der Waals surface area (Å²) in [7, 11) is 0. The standard InChI is InChI=1S/C24H28F3NO5/c25-24(26,27)15-33-23(29)28-10-2-5-22-31-13-18(14-32-22)20-4-1-3-17-11-19(8-9-21(17)20)30-12-16-6-7-16/h1,3-4,8-9,11,16,18,22H,2,5-7,10,12-15H2,(H,28,29). The number of carbonyl (C=O) groups excluding carboxylic acids is 1. The zero-order valence-corrected chi connectivity index (χ0v) is 18.2. The van der Waals surface area contributed by atoms with Gasteiger partial charge in [0.2, 0.25) is 0 Å². The summed E-state index contributed by atoms with van der Waals surface area (Å²) in [6, 6.07) is 12.3. The van der Waals surface area contributed by atoms with Gasteiger partial charge in [-0.1, -0.05) is 24.3 Å². The highest BCUT2D eigenvalue weighted by Crippen LogP contribution is 2.33. The van der Waals surface area contributed by atoms with Gasteiger partial charge in [-0.2, -0.15) is 13.2 Å². The molecular weight excluding hydrogens is 439 g/mol. The molecule has 0 aromatic heterocycles. The molecule has 33 heavy (non-hydrogen) atoms. The molecule has 2 aliphatic rings. The topological polar surface area (TPSA) is 66.0 Å². The lowest BCUT2D eigenvalue weighted by molar-refractivity contribution is -0.189. The van der Waals surface area contributed by atoms with E-state index in [2.05, 4.69) is 34.3 Å². The minimum atomic E-state index is -4.53. The van der Waals surface area contributed by atoms with Crippen LogP contribution in [0.5, 0.6) is 5.75 Å². The third-order valence-corrected chi connectivity index (χ3v) is 5.73. The second-order valence-corrected chi connectivity index (χ2v) is 8.54. The molecule has 1 amide bonds. The Labute approximate surface area is 190 Å². The fraction of sp³-hybridized carbons (Fsp3) is 0.542. The summed E-state index contributed by atoms with van der Waals surface area (Å²) in [5.41, 5.74) is 1.16. The van der Waals surface area contributed by atoms with Crippen molar-refractivity contribution in [3.8, 4) is 5.75 Å². The van der Waals surface area contributed by atoms with Crippen LogP contribution in [-0.4, -0.2) is 51.5 Å². The van der Waals surface area contributed by atoms with E-state index < -0.39 is 25.2 Å². The number of alkyl carbamates (subject to hydrolysis) is 1. The van der Waals surface area contributed by atoms with E-state index in [4.69, 9.17) is 14.2 Å². The summed E-state index contributed by atoms with van der Waals surface area (Å²) in [6.07, 6.45) is -2.51. The maximum atomic E-state index is 12.0. The van der Waals surface area contributed by atoms with Gasteiger partial charge in [-0.3, -0.25) is 0 Å². The Morgan fingerprint density at radius 2 is 1.91 bits per heavy atom. The average Bonchev–Trinajstić information content (AvgIpc) is 3.63. The predicted octanol–water partition coefficient (Wildman–Crippen LogP) is 5.15. The number of fused-ring (bicyclic) bond motifs is 1. The summed E-state index contributed by atoms with van der Waals surface area (Å²) in [4.78, 5) is 11.2. The van der Waals surface area contributed by atoms with Crippen molar-refractivity contribution in [1.82, 2.24) is 5.32 Å². The lowest BCUT2D eigenvalue weighted by atomic mass is 9.94. The van der Waals surface area contributed by atoms with Gasteiger partial charge in [0.05, 0.1) is 19.8 Å². The molecule has 1 heterocycles. The molecule has 9 heteroatoms. The van der Waals surface area contributed by atoms with E-state index in [0.29, 0.717) is 32.0 Å². The Morgan fingerprint density at radius 3 is 2.64 bits per heavy atom. The van der Waals surface area contributed by atoms with E-state index >= 15 is 0 Å². The quantitative estimate of drug-likeness (QED) is 0.517. The minimum Gasteiger partial charge on any atom is -0.493 e. The number of halogens is 3. The predicted molar refractivity (Wildman–Crippen MR) is 115 cm³/mol. The first-order valence-electron chi connectivity index (χ1n) is 11.2. The van der Waals surface area contributed by atoms with Crippen LogP contribution in [0.2, 0.25) is 0 Å². The van der Waals surface area contributed by atoms with E-state index in [9.17, 15) is 18.0 Å². The fourth-order valence-electron chi connectivity index (χ4n) is 3.78. The molecule has 1 N–H and O–H groups in total. The van der Waals surface area contributed by atoms with Crippen molar-refractivity contribution >= 4 is 16.9 Å². The van der Waals surface area contributed by atoms with Crippen LogP contribution in [0.25, 0.3) is 10.8 Å². The number of hydrogen-bond donors (Lipinski definition) is 1. The maximum absolute atomic E-state index is 12.0. The van der Waals surface area contributed by atoms with E-state index in [-0.39, 0.29) is 12.5 Å². The van der Waals surface area contributed by atoms with Crippen LogP contribution < -0.4 is 10.1 Å². The molecule has 2 fully saturated rings. The highest BCUT2D eigenvalue weighted by molar-refractivity contribution is 5.87. The zero-order chi connectivity index (χ0) is 23.3. The van der Waals surface area contributed by atoms with Crippen LogP contribution in [0.3, 0.4) is 0 Å². The van der Waals surface area contributed by atoms with Gasteiger partial charge in [0.1, 0.15) is 5.75 Å². The van der Waals surface area contributed by atoms with Crippen LogP contribution in [0, 0.1) is 5.92 Å². The van der Waals surface area contributed by atoms with E-state index in [1.54, 1.807) is 0 Å². The van der Waals surface area contributed by atoms with E-state index in [0.717, 1.165) is 28.7 Å². The largest absolute Gasteiger partial charge is 0.493 e. The van der Waals surface area contributed by atoms with Gasteiger partial charge >= 0.3 is 12.3 Å². The second kappa shape index (κ2) is 10.6. The zero-order valence-electron chi connectivity index (χ0n) is 18.2. The van der Waals surface area contributed by atoms with Gasteiger partial charge in [0, 0.05) is 18.9 Å². The number of hydrogen-bond acceptors (Lipinski definition) is 5. The van der Waals surface area contributed by atoms with Gasteiger partial charge in [0.15, 0.2) is 12.9 Å². The van der Waals surface area contributed by atoms with Crippen LogP contribution in [-0.2, 0) is 14.2 Å². The van der Waals surface area contributed by atoms with Crippen LogP contribution in [0.4, 0.5) is 18.0 Å². The molecule has 6 nitrogen and oxygen atoms in total. The summed E-state index contributed by atoms with van der Waals surface area (Å²) in [6.45, 7) is 0.368. The number of amides is 1. The maximum Gasteiger partial charge on any atom is 0.422 e. The summed E-state index contributed by atoms with van der Waals surface area (Å²) in [5.74, 6) is 1.69. The highest BCUT2D eigenvalue weighted by Gasteiger charge is 2.29. The monoisotopic (exact) mass is 467 g/mol. The smallest absolute Gasteiger partial charge is 0.422 e. The Balaban J connectivity index is 1.21. The summed E-state index contributed by atoms with van der Waals surface area (Å²) < 4.78 is 57.7. The molecule has 0 unspecified atom stereocenters. The Morgan fingerprint density at radius 1 is 1.12 bits per heavy atom. The molecule has 0 atom stereocenters. The van der Waals surface area contributed by atoms with E-state index in [1.165, 1.54) is 12.8 Å². The van der Waals surface area contributed by atoms with Gasteiger partial charge in [-0.05, 0) is 53.6 Å². The van der Waals surface area contributed by atoms with Crippen molar-refractivity contribution in [2.45, 2.75) is 44.1 Å². The third-order valence-electron chi connectivity index (χ3n) is 5.73. The number of rotatable bonds is 9. The lowest BCUT2D eigenvalue weighted by Gasteiger charge is -2.30. The number of benzene rings is 2. The molecule has 1 saturated heterocycles. The van der Waals surface area contributed by atoms with Gasteiger partial charge in [-0.15, -0.1) is 0 Å². The van der Waals surface area contributed by atoms with Gasteiger partial charge in [0.25, 0.3) is 0 Å². The molecule has 2 aromatic rings. The summed E-state index contributed by atoms with van der Waals surface area (Å²) in [5, 5.41) is 4.55. The minimum absolute atomic E-state index is 0.0960. The molecule has 0 bridgehead atoms. The van der Waals surface area contributed by atoms with Crippen molar-refractivity contribution in [2.75, 3.05) is 33.0 Å². The van der Waals surface area contributed by atoms with Crippen molar-refractivity contribution in [3.05, 3.63) is 42.0 Å². The third kappa shape index (κ3) is 7.23. The van der Waals surface area contributed by atoms with Crippen LogP contribution >= 0.6 is 0 Å². The van der Waals surface area contributed by atoms with Gasteiger partial charge < -0.3 is 24.3 Å². The molecule has 4 rings (SSSR count). The number of nitrogens with one attached hydrogen (secondary N) is 1. The Bertz CT molecular complexity index is 939. The molecule has 1 aliphatic carbocycles. The van der Waals surface area contributed by atoms with E-state index in [1.807, 2.05) is 12.1 Å². The van der Waals surface area contributed by atoms with Crippen LogP contribution in [0.15, 0.2) is 36.4 Å². The Hall–Kier alpha value is -2.52. The molecule has 180 valence electrons. The first-order chi connectivity index (χ1) is 15.9. The normalized spacial score (nSPS) is 21.1. The first-order valence-corrected chi connectivity index (χ1v) is 11.2. The molecule has 0 spiro atoms. The lowest BCUT2D eigenvalue weighted by Crippen LogP contribution is -2.33. The average molecular weight is 467 g/mol. The molecule has 0 radical (unpaired) electrons. The number of ether oxygens (including phenoxy) is 4. The summed E-state index contributed by atoms with van der Waals surface area (Å²) >= 11 is 0. The molecule has 2 aromatic carbocycles. The molecule has 1 saturated carbocycles. The SMILES string of the molecule is O=C(NCCCC1OCC(c2cccc3cc(OCC4CC4)ccc23)CO1)OCC(F)(F)F. The number of carbonyl (C=O) groups is 1. The van der Waals surface area contributed by atoms with Crippen molar-refractivity contribution in [3.63, 3.8) is 0 Å². The Kier molecular flexibility index (Phi) is 7.60. The molecular formula is C24H28F3NO5. The van der Waals surface area contributed by atoms with Crippen LogP contribution in [0.1, 0.15) is 37.2 Å². The van der Waals surface area contributed by atoms with Crippen molar-refractivity contribution in [1.29, 1.82) is 0 Å². The molecule has 1 aliphatic heterocycles. The first kappa shape index (κ1) is 23.6. The van der Waals surface area contributed by atoms with Crippen molar-refractivity contribution < 1.29 is 36.9 Å². The fourth-order valence-corrected chi connectivity index (χ4v) is 3.78. The van der Waals surface area contributed by atoms with Crippen molar-refractivity contribution in [2.24, 2.45) is 5.92 Å². The highest BCUT2D eigenvalue weighted by atomic mass is 19.4. The van der Waals surface area contributed by atoms with Gasteiger partial charge in [-0.25, -0.2) is 4.79 Å². The number of alkyl halides is 3.